The maximum Gasteiger partial charge on any atom is 0.270 e. The van der Waals surface area contributed by atoms with Crippen LogP contribution in [0.2, 0.25) is 5.02 Å². The molecule has 3 amide bonds. The molecule has 192 valence electrons. The summed E-state index contributed by atoms with van der Waals surface area (Å²) < 4.78 is 2.02. The molecule has 5 rings (SSSR count). The van der Waals surface area contributed by atoms with Crippen LogP contribution < -0.4 is 10.6 Å². The number of aromatic nitrogens is 1. The number of halogens is 1. The number of nitrogens with zero attached hydrogens (tertiary/aromatic N) is 4. The molecule has 3 heterocycles. The van der Waals surface area contributed by atoms with Crippen molar-refractivity contribution in [2.75, 3.05) is 32.1 Å². The lowest BCUT2D eigenvalue weighted by atomic mass is 10.0. The molecule has 37 heavy (non-hydrogen) atoms. The van der Waals surface area contributed by atoms with Crippen LogP contribution in [0.25, 0.3) is 0 Å². The fourth-order valence-corrected chi connectivity index (χ4v) is 5.52. The molecular weight excluding hydrogens is 490 g/mol. The summed E-state index contributed by atoms with van der Waals surface area (Å²) in [5.41, 5.74) is 9.06. The number of likely N-dealkylation sites (tertiary alicyclic amines) is 1. The van der Waals surface area contributed by atoms with Crippen molar-refractivity contribution in [3.05, 3.63) is 87.7 Å². The maximum absolute atomic E-state index is 13.7. The molecule has 2 aromatic carbocycles. The number of piperidine rings is 1. The van der Waals surface area contributed by atoms with E-state index < -0.39 is 5.91 Å². The van der Waals surface area contributed by atoms with Gasteiger partial charge in [-0.1, -0.05) is 29.8 Å². The Labute approximate surface area is 221 Å². The Morgan fingerprint density at radius 1 is 0.946 bits per heavy atom. The van der Waals surface area contributed by atoms with E-state index in [9.17, 15) is 14.4 Å². The van der Waals surface area contributed by atoms with E-state index in [1.807, 2.05) is 45.9 Å². The molecule has 1 aromatic heterocycles. The highest BCUT2D eigenvalue weighted by atomic mass is 35.5. The number of carbonyl (C=O) groups is 3. The van der Waals surface area contributed by atoms with Crippen LogP contribution in [0.15, 0.2) is 54.6 Å². The first-order valence-electron chi connectivity index (χ1n) is 12.4. The third kappa shape index (κ3) is 4.74. The third-order valence-electron chi connectivity index (χ3n) is 7.43. The first kappa shape index (κ1) is 25.0. The van der Waals surface area contributed by atoms with Crippen LogP contribution in [0.1, 0.15) is 55.3 Å². The molecule has 1 fully saturated rings. The van der Waals surface area contributed by atoms with Gasteiger partial charge in [0.2, 0.25) is 5.91 Å². The largest absolute Gasteiger partial charge is 0.366 e. The molecule has 0 spiro atoms. The molecule has 2 N–H and O–H groups in total. The number of para-hydroxylation sites is 1. The van der Waals surface area contributed by atoms with Gasteiger partial charge in [0, 0.05) is 36.1 Å². The van der Waals surface area contributed by atoms with Gasteiger partial charge in [-0.2, -0.15) is 0 Å². The molecule has 2 aliphatic rings. The average molecular weight is 520 g/mol. The molecule has 0 unspecified atom stereocenters. The van der Waals surface area contributed by atoms with E-state index in [2.05, 4.69) is 19.0 Å². The van der Waals surface area contributed by atoms with Crippen LogP contribution in [0.4, 0.5) is 5.69 Å². The summed E-state index contributed by atoms with van der Waals surface area (Å²) in [6, 6.07) is 16.4. The van der Waals surface area contributed by atoms with Crippen molar-refractivity contribution in [3.63, 3.8) is 0 Å². The number of primary amides is 1. The minimum Gasteiger partial charge on any atom is -0.366 e. The van der Waals surface area contributed by atoms with Gasteiger partial charge in [-0.25, -0.2) is 0 Å². The number of anilines is 1. The predicted molar refractivity (Wildman–Crippen MR) is 143 cm³/mol. The molecule has 8 nitrogen and oxygen atoms in total. The highest BCUT2D eigenvalue weighted by Gasteiger charge is 2.31. The van der Waals surface area contributed by atoms with Crippen LogP contribution in [-0.4, -0.2) is 65.3 Å². The van der Waals surface area contributed by atoms with Crippen LogP contribution in [0.3, 0.4) is 0 Å². The summed E-state index contributed by atoms with van der Waals surface area (Å²) in [5.74, 6) is -0.880. The van der Waals surface area contributed by atoms with Crippen molar-refractivity contribution in [1.29, 1.82) is 0 Å². The van der Waals surface area contributed by atoms with Gasteiger partial charge < -0.3 is 25.0 Å². The fourth-order valence-electron chi connectivity index (χ4n) is 5.26. The Bertz CT molecular complexity index is 1370. The van der Waals surface area contributed by atoms with E-state index in [1.165, 1.54) is 18.2 Å². The van der Waals surface area contributed by atoms with Gasteiger partial charge in [-0.3, -0.25) is 14.4 Å². The minimum atomic E-state index is -0.609. The SMILES string of the molecule is CN(C)C1CCN(C(=O)c2ccc3n2Cc2ccccc2N(C(=O)c2ccc(C(N)=O)cc2Cl)C3)CC1. The topological polar surface area (TPSA) is 91.9 Å². The normalized spacial score (nSPS) is 15.8. The van der Waals surface area contributed by atoms with Gasteiger partial charge in [0.1, 0.15) is 5.69 Å². The number of fused-ring (bicyclic) bond motifs is 2. The third-order valence-corrected chi connectivity index (χ3v) is 7.75. The monoisotopic (exact) mass is 519 g/mol. The van der Waals surface area contributed by atoms with Crippen molar-refractivity contribution in [1.82, 2.24) is 14.4 Å². The van der Waals surface area contributed by atoms with Crippen molar-refractivity contribution < 1.29 is 14.4 Å². The van der Waals surface area contributed by atoms with Crippen molar-refractivity contribution in [2.24, 2.45) is 5.73 Å². The molecule has 0 atom stereocenters. The zero-order valence-electron chi connectivity index (χ0n) is 21.0. The van der Waals surface area contributed by atoms with E-state index >= 15 is 0 Å². The molecule has 9 heteroatoms. The van der Waals surface area contributed by atoms with E-state index in [4.69, 9.17) is 17.3 Å². The lowest BCUT2D eigenvalue weighted by Crippen LogP contribution is -2.45. The van der Waals surface area contributed by atoms with Crippen molar-refractivity contribution in [2.45, 2.75) is 32.0 Å². The molecular formula is C28H30ClN5O3. The predicted octanol–water partition coefficient (Wildman–Crippen LogP) is 3.62. The summed E-state index contributed by atoms with van der Waals surface area (Å²) in [5, 5.41) is 0.162. The number of carbonyl (C=O) groups excluding carboxylic acids is 3. The summed E-state index contributed by atoms with van der Waals surface area (Å²) in [4.78, 5) is 44.7. The Balaban J connectivity index is 1.46. The molecule has 0 saturated carbocycles. The lowest BCUT2D eigenvalue weighted by molar-refractivity contribution is 0.0652. The second kappa shape index (κ2) is 10.0. The van der Waals surface area contributed by atoms with E-state index in [-0.39, 0.29) is 34.5 Å². The molecule has 0 bridgehead atoms. The summed E-state index contributed by atoms with van der Waals surface area (Å²) >= 11 is 6.40. The van der Waals surface area contributed by atoms with Crippen LogP contribution in [-0.2, 0) is 13.1 Å². The first-order valence-corrected chi connectivity index (χ1v) is 12.8. The van der Waals surface area contributed by atoms with E-state index in [1.54, 1.807) is 4.90 Å². The fraction of sp³-hybridized carbons (Fsp3) is 0.321. The summed E-state index contributed by atoms with van der Waals surface area (Å²) in [7, 11) is 4.16. The number of amides is 3. The average Bonchev–Trinajstić information content (AvgIpc) is 3.20. The number of hydrogen-bond donors (Lipinski definition) is 1. The van der Waals surface area contributed by atoms with Crippen LogP contribution in [0, 0.1) is 0 Å². The number of rotatable bonds is 4. The van der Waals surface area contributed by atoms with Gasteiger partial charge in [0.05, 0.1) is 23.7 Å². The number of hydrogen-bond acceptors (Lipinski definition) is 4. The summed E-state index contributed by atoms with van der Waals surface area (Å²) in [6.45, 7) is 2.21. The van der Waals surface area contributed by atoms with E-state index in [0.717, 1.165) is 42.9 Å². The Morgan fingerprint density at radius 2 is 1.68 bits per heavy atom. The van der Waals surface area contributed by atoms with Gasteiger partial charge in [-0.05, 0) is 68.9 Å². The Hall–Kier alpha value is -3.62. The smallest absolute Gasteiger partial charge is 0.270 e. The van der Waals surface area contributed by atoms with Gasteiger partial charge in [0.25, 0.3) is 11.8 Å². The molecule has 0 aliphatic carbocycles. The van der Waals surface area contributed by atoms with Crippen molar-refractivity contribution >= 4 is 35.0 Å². The Morgan fingerprint density at radius 3 is 2.35 bits per heavy atom. The molecule has 3 aromatic rings. The standard InChI is InChI=1S/C28H30ClN5O3/c1-31(2)20-11-13-32(14-12-20)28(37)25-10-8-21-17-34(24-6-4-3-5-19(24)16-33(21)25)27(36)22-9-7-18(26(30)35)15-23(22)29/h3-10,15,20H,11-14,16-17H2,1-2H3,(H2,30,35). The zero-order valence-corrected chi connectivity index (χ0v) is 21.7. The molecule has 2 aliphatic heterocycles. The minimum absolute atomic E-state index is 0.0193. The Kier molecular flexibility index (Phi) is 6.79. The first-order chi connectivity index (χ1) is 17.7. The van der Waals surface area contributed by atoms with Crippen LogP contribution in [0.5, 0.6) is 0 Å². The number of benzene rings is 2. The quantitative estimate of drug-likeness (QED) is 0.570. The molecule has 1 saturated heterocycles. The lowest BCUT2D eigenvalue weighted by Gasteiger charge is -2.35. The van der Waals surface area contributed by atoms with Gasteiger partial charge in [0.15, 0.2) is 0 Å². The highest BCUT2D eigenvalue weighted by Crippen LogP contribution is 2.32. The second-order valence-corrected chi connectivity index (χ2v) is 10.3. The second-order valence-electron chi connectivity index (χ2n) is 9.86. The van der Waals surface area contributed by atoms with E-state index in [0.29, 0.717) is 18.3 Å². The van der Waals surface area contributed by atoms with Crippen molar-refractivity contribution in [3.8, 4) is 0 Å². The molecule has 0 radical (unpaired) electrons. The number of nitrogens with two attached hydrogens (primary N) is 1. The highest BCUT2D eigenvalue weighted by molar-refractivity contribution is 6.35. The van der Waals surface area contributed by atoms with Crippen LogP contribution >= 0.6 is 11.6 Å². The summed E-state index contributed by atoms with van der Waals surface area (Å²) in [6.07, 6.45) is 1.90. The maximum atomic E-state index is 13.7. The van der Waals surface area contributed by atoms with Gasteiger partial charge in [-0.15, -0.1) is 0 Å². The zero-order chi connectivity index (χ0) is 26.3. The van der Waals surface area contributed by atoms with Gasteiger partial charge >= 0.3 is 0 Å².